The minimum Gasteiger partial charge on any atom is -0.497 e. The molecule has 1 aliphatic heterocycles. The summed E-state index contributed by atoms with van der Waals surface area (Å²) in [7, 11) is 1.59. The molecule has 0 radical (unpaired) electrons. The molecule has 1 heterocycles. The van der Waals surface area contributed by atoms with Gasteiger partial charge in [-0.15, -0.1) is 0 Å². The van der Waals surface area contributed by atoms with Crippen LogP contribution >= 0.6 is 0 Å². The highest BCUT2D eigenvalue weighted by atomic mass is 16.5. The summed E-state index contributed by atoms with van der Waals surface area (Å²) in [6, 6.07) is 14.7. The normalized spacial score (nSPS) is 13.9. The van der Waals surface area contributed by atoms with Crippen molar-refractivity contribution in [1.29, 1.82) is 0 Å². The van der Waals surface area contributed by atoms with Gasteiger partial charge in [0.05, 0.1) is 7.11 Å². The molecule has 6 nitrogen and oxygen atoms in total. The van der Waals surface area contributed by atoms with E-state index in [-0.39, 0.29) is 30.4 Å². The summed E-state index contributed by atoms with van der Waals surface area (Å²) in [5.41, 5.74) is 2.48. The molecule has 0 N–H and O–H groups in total. The van der Waals surface area contributed by atoms with Gasteiger partial charge in [-0.1, -0.05) is 38.1 Å². The van der Waals surface area contributed by atoms with Gasteiger partial charge in [0, 0.05) is 50.1 Å². The molecule has 1 fully saturated rings. The maximum Gasteiger partial charge on any atom is 0.253 e. The van der Waals surface area contributed by atoms with Gasteiger partial charge in [0.25, 0.3) is 5.91 Å². The molecular weight excluding hydrogens is 404 g/mol. The van der Waals surface area contributed by atoms with E-state index in [9.17, 15) is 14.4 Å². The molecule has 170 valence electrons. The van der Waals surface area contributed by atoms with Crippen molar-refractivity contribution in [1.82, 2.24) is 9.80 Å². The van der Waals surface area contributed by atoms with Crippen molar-refractivity contribution in [2.45, 2.75) is 33.1 Å². The van der Waals surface area contributed by atoms with E-state index in [1.165, 1.54) is 5.56 Å². The topological polar surface area (TPSA) is 66.9 Å². The lowest BCUT2D eigenvalue weighted by Crippen LogP contribution is -2.50. The van der Waals surface area contributed by atoms with Gasteiger partial charge in [0.1, 0.15) is 5.75 Å². The first-order valence-corrected chi connectivity index (χ1v) is 11.2. The Bertz CT molecular complexity index is 927. The number of ether oxygens (including phenoxy) is 1. The third kappa shape index (κ3) is 6.19. The number of hydrogen-bond acceptors (Lipinski definition) is 4. The number of carbonyl (C=O) groups excluding carboxylic acids is 3. The molecule has 32 heavy (non-hydrogen) atoms. The van der Waals surface area contributed by atoms with Gasteiger partial charge in [0.2, 0.25) is 5.91 Å². The van der Waals surface area contributed by atoms with Crippen LogP contribution in [0.25, 0.3) is 0 Å². The molecule has 2 aromatic carbocycles. The van der Waals surface area contributed by atoms with Crippen molar-refractivity contribution in [3.05, 3.63) is 65.2 Å². The first kappa shape index (κ1) is 23.5. The largest absolute Gasteiger partial charge is 0.497 e. The summed E-state index contributed by atoms with van der Waals surface area (Å²) in [6.07, 6.45) is 1.38. The van der Waals surface area contributed by atoms with E-state index in [1.54, 1.807) is 41.2 Å². The molecule has 2 aromatic rings. The molecule has 2 amide bonds. The minimum atomic E-state index is -0.0455. The number of piperazine rings is 1. The highest BCUT2D eigenvalue weighted by molar-refractivity contribution is 5.98. The molecule has 0 atom stereocenters. The van der Waals surface area contributed by atoms with Gasteiger partial charge in [0.15, 0.2) is 5.78 Å². The fourth-order valence-electron chi connectivity index (χ4n) is 3.90. The molecule has 0 saturated carbocycles. The zero-order valence-corrected chi connectivity index (χ0v) is 19.2. The maximum atomic E-state index is 12.7. The Hall–Kier alpha value is -3.15. The summed E-state index contributed by atoms with van der Waals surface area (Å²) in [4.78, 5) is 41.2. The van der Waals surface area contributed by atoms with Gasteiger partial charge in [-0.3, -0.25) is 14.4 Å². The number of Topliss-reactive ketones (excluding diaryl/α,β-unsaturated/α-hetero) is 1. The van der Waals surface area contributed by atoms with Crippen LogP contribution in [0.15, 0.2) is 48.5 Å². The fourth-order valence-corrected chi connectivity index (χ4v) is 3.90. The average Bonchev–Trinajstić information content (AvgIpc) is 2.82. The summed E-state index contributed by atoms with van der Waals surface area (Å²) in [5, 5.41) is 0. The Balaban J connectivity index is 1.44. The Morgan fingerprint density at radius 3 is 1.94 bits per heavy atom. The third-order valence-corrected chi connectivity index (χ3v) is 5.74. The van der Waals surface area contributed by atoms with Crippen molar-refractivity contribution in [2.75, 3.05) is 33.3 Å². The van der Waals surface area contributed by atoms with Crippen molar-refractivity contribution in [3.8, 4) is 5.75 Å². The number of rotatable bonds is 8. The van der Waals surface area contributed by atoms with Gasteiger partial charge < -0.3 is 14.5 Å². The molecule has 3 rings (SSSR count). The number of ketones is 1. The number of nitrogens with zero attached hydrogens (tertiary/aromatic N) is 2. The van der Waals surface area contributed by atoms with Crippen molar-refractivity contribution < 1.29 is 19.1 Å². The standard InChI is InChI=1S/C26H32N2O4/c1-19(2)18-20-4-6-21(7-5-20)24(29)12-13-25(30)27-14-16-28(17-15-27)26(31)22-8-10-23(32-3)11-9-22/h4-11,19H,12-18H2,1-3H3. The van der Waals surface area contributed by atoms with Crippen LogP contribution in [0.5, 0.6) is 5.75 Å². The number of hydrogen-bond donors (Lipinski definition) is 0. The number of benzene rings is 2. The van der Waals surface area contributed by atoms with Crippen LogP contribution in [-0.2, 0) is 11.2 Å². The molecule has 0 aliphatic carbocycles. The van der Waals surface area contributed by atoms with Crippen LogP contribution in [0.2, 0.25) is 0 Å². The first-order chi connectivity index (χ1) is 15.4. The minimum absolute atomic E-state index is 0.0113. The monoisotopic (exact) mass is 436 g/mol. The van der Waals surface area contributed by atoms with E-state index >= 15 is 0 Å². The second-order valence-corrected chi connectivity index (χ2v) is 8.62. The molecule has 0 aromatic heterocycles. The average molecular weight is 437 g/mol. The van der Waals surface area contributed by atoms with E-state index < -0.39 is 0 Å². The van der Waals surface area contributed by atoms with Crippen molar-refractivity contribution in [2.24, 2.45) is 5.92 Å². The summed E-state index contributed by atoms with van der Waals surface area (Å²) < 4.78 is 5.13. The zero-order chi connectivity index (χ0) is 23.1. The van der Waals surface area contributed by atoms with E-state index in [4.69, 9.17) is 4.74 Å². The Morgan fingerprint density at radius 1 is 0.812 bits per heavy atom. The summed E-state index contributed by atoms with van der Waals surface area (Å²) in [6.45, 7) is 6.28. The van der Waals surface area contributed by atoms with Crippen LogP contribution in [-0.4, -0.2) is 60.7 Å². The van der Waals surface area contributed by atoms with E-state index in [0.29, 0.717) is 49.0 Å². The number of methoxy groups -OCH3 is 1. The second-order valence-electron chi connectivity index (χ2n) is 8.62. The zero-order valence-electron chi connectivity index (χ0n) is 19.2. The number of amides is 2. The van der Waals surface area contributed by atoms with Gasteiger partial charge in [-0.2, -0.15) is 0 Å². The first-order valence-electron chi connectivity index (χ1n) is 11.2. The Labute approximate surface area is 190 Å². The molecule has 0 bridgehead atoms. The SMILES string of the molecule is COc1ccc(C(=O)N2CCN(C(=O)CCC(=O)c3ccc(CC(C)C)cc3)CC2)cc1. The van der Waals surface area contributed by atoms with Crippen molar-refractivity contribution >= 4 is 17.6 Å². The van der Waals surface area contributed by atoms with Crippen LogP contribution < -0.4 is 4.74 Å². The highest BCUT2D eigenvalue weighted by Crippen LogP contribution is 2.16. The van der Waals surface area contributed by atoms with Crippen LogP contribution in [0.3, 0.4) is 0 Å². The molecule has 0 unspecified atom stereocenters. The van der Waals surface area contributed by atoms with Crippen LogP contribution in [0.1, 0.15) is 53.0 Å². The lowest BCUT2D eigenvalue weighted by atomic mass is 9.99. The predicted octanol–water partition coefficient (Wildman–Crippen LogP) is 3.84. The number of carbonyl (C=O) groups is 3. The van der Waals surface area contributed by atoms with Crippen LogP contribution in [0.4, 0.5) is 0 Å². The van der Waals surface area contributed by atoms with E-state index in [0.717, 1.165) is 6.42 Å². The van der Waals surface area contributed by atoms with Gasteiger partial charge >= 0.3 is 0 Å². The lowest BCUT2D eigenvalue weighted by molar-refractivity contribution is -0.132. The maximum absolute atomic E-state index is 12.7. The molecule has 6 heteroatoms. The molecular formula is C26H32N2O4. The fraction of sp³-hybridized carbons (Fsp3) is 0.423. The third-order valence-electron chi connectivity index (χ3n) is 5.74. The molecule has 1 saturated heterocycles. The summed E-state index contributed by atoms with van der Waals surface area (Å²) in [5.74, 6) is 1.18. The lowest BCUT2D eigenvalue weighted by Gasteiger charge is -2.35. The molecule has 1 aliphatic rings. The van der Waals surface area contributed by atoms with Crippen molar-refractivity contribution in [3.63, 3.8) is 0 Å². The highest BCUT2D eigenvalue weighted by Gasteiger charge is 2.25. The Kier molecular flexibility index (Phi) is 8.03. The van der Waals surface area contributed by atoms with Gasteiger partial charge in [-0.05, 0) is 42.2 Å². The van der Waals surface area contributed by atoms with E-state index in [1.807, 2.05) is 24.3 Å². The quantitative estimate of drug-likeness (QED) is 0.590. The van der Waals surface area contributed by atoms with E-state index in [2.05, 4.69) is 13.8 Å². The van der Waals surface area contributed by atoms with Crippen LogP contribution in [0, 0.1) is 5.92 Å². The van der Waals surface area contributed by atoms with Gasteiger partial charge in [-0.25, -0.2) is 0 Å². The Morgan fingerprint density at radius 2 is 1.38 bits per heavy atom. The smallest absolute Gasteiger partial charge is 0.253 e. The predicted molar refractivity (Wildman–Crippen MR) is 124 cm³/mol. The molecule has 0 spiro atoms. The second kappa shape index (κ2) is 10.9. The summed E-state index contributed by atoms with van der Waals surface area (Å²) >= 11 is 0.